The van der Waals surface area contributed by atoms with Crippen LogP contribution in [-0.2, 0) is 9.53 Å². The number of carbonyl (C=O) groups is 2. The maximum atomic E-state index is 12.9. The summed E-state index contributed by atoms with van der Waals surface area (Å²) in [5, 5.41) is 23.4. The molecule has 0 fully saturated rings. The third-order valence-corrected chi connectivity index (χ3v) is 8.57. The summed E-state index contributed by atoms with van der Waals surface area (Å²) in [5.41, 5.74) is 3.86. The lowest BCUT2D eigenvalue weighted by Gasteiger charge is -2.15. The van der Waals surface area contributed by atoms with Crippen LogP contribution in [0.4, 0.5) is 5.00 Å². The van der Waals surface area contributed by atoms with Crippen molar-refractivity contribution in [3.8, 4) is 46.0 Å². The van der Waals surface area contributed by atoms with E-state index in [0.717, 1.165) is 16.9 Å². The largest absolute Gasteiger partial charge is 0.497 e. The van der Waals surface area contributed by atoms with Crippen LogP contribution >= 0.6 is 23.1 Å². The first-order chi connectivity index (χ1) is 20.8. The molecule has 0 aliphatic rings. The van der Waals surface area contributed by atoms with Crippen LogP contribution in [0.3, 0.4) is 0 Å². The number of rotatable bonds is 11. The molecular formula is C32H28N4O5S2. The Morgan fingerprint density at radius 1 is 1.00 bits per heavy atom. The molecule has 0 spiro atoms. The molecule has 0 radical (unpaired) electrons. The summed E-state index contributed by atoms with van der Waals surface area (Å²) in [4.78, 5) is 30.3. The number of thiophene rings is 1. The standard InChI is InChI=1S/C32H28N4O5S2/c1-5-41-32(38)29-19(2)24(17-33)31(43-29)36-28(37)13-14-42-30-25(18-34)22(16-26(35-30)20-9-7-6-8-10-20)23-15-21(39-3)11-12-27(23)40-4/h6-12,15-16H,5,13-14H2,1-4H3,(H,36,37). The predicted octanol–water partition coefficient (Wildman–Crippen LogP) is 6.84. The van der Waals surface area contributed by atoms with Gasteiger partial charge in [0, 0.05) is 28.9 Å². The molecule has 2 heterocycles. The van der Waals surface area contributed by atoms with Crippen LogP contribution in [-0.4, -0.2) is 43.4 Å². The van der Waals surface area contributed by atoms with Gasteiger partial charge in [-0.1, -0.05) is 30.3 Å². The summed E-state index contributed by atoms with van der Waals surface area (Å²) in [5.74, 6) is 0.606. The van der Waals surface area contributed by atoms with Crippen molar-refractivity contribution in [1.29, 1.82) is 10.5 Å². The molecule has 0 saturated heterocycles. The summed E-state index contributed by atoms with van der Waals surface area (Å²) in [6.07, 6.45) is 0.0706. The zero-order valence-electron chi connectivity index (χ0n) is 24.0. The minimum absolute atomic E-state index is 0.0706. The number of hydrogen-bond donors (Lipinski definition) is 1. The van der Waals surface area contributed by atoms with Gasteiger partial charge in [0.1, 0.15) is 38.5 Å². The lowest BCUT2D eigenvalue weighted by atomic mass is 9.98. The van der Waals surface area contributed by atoms with Crippen molar-refractivity contribution in [1.82, 2.24) is 4.98 Å². The average molecular weight is 613 g/mol. The van der Waals surface area contributed by atoms with Gasteiger partial charge in [-0.25, -0.2) is 9.78 Å². The van der Waals surface area contributed by atoms with Crippen LogP contribution in [0.1, 0.15) is 39.7 Å². The fourth-order valence-corrected chi connectivity index (χ4v) is 6.30. The van der Waals surface area contributed by atoms with Crippen LogP contribution in [0.5, 0.6) is 11.5 Å². The highest BCUT2D eigenvalue weighted by Crippen LogP contribution is 2.40. The lowest BCUT2D eigenvalue weighted by molar-refractivity contribution is -0.115. The number of nitriles is 2. The van der Waals surface area contributed by atoms with E-state index in [2.05, 4.69) is 17.5 Å². The van der Waals surface area contributed by atoms with E-state index in [-0.39, 0.29) is 29.4 Å². The maximum Gasteiger partial charge on any atom is 0.348 e. The fraction of sp³-hybridized carbons (Fsp3) is 0.219. The first kappa shape index (κ1) is 31.1. The van der Waals surface area contributed by atoms with Gasteiger partial charge >= 0.3 is 5.97 Å². The molecule has 0 aliphatic heterocycles. The molecule has 0 saturated carbocycles. The van der Waals surface area contributed by atoms with Crippen LogP contribution in [0.2, 0.25) is 0 Å². The fourth-order valence-electron chi connectivity index (χ4n) is 4.28. The van der Waals surface area contributed by atoms with Crippen molar-refractivity contribution in [2.75, 3.05) is 31.9 Å². The highest BCUT2D eigenvalue weighted by molar-refractivity contribution is 7.99. The summed E-state index contributed by atoms with van der Waals surface area (Å²) < 4.78 is 16.1. The van der Waals surface area contributed by atoms with Gasteiger partial charge in [-0.05, 0) is 43.7 Å². The van der Waals surface area contributed by atoms with E-state index in [1.807, 2.05) is 42.5 Å². The lowest BCUT2D eigenvalue weighted by Crippen LogP contribution is -2.12. The number of pyridine rings is 1. The number of anilines is 1. The number of carbonyl (C=O) groups excluding carboxylic acids is 2. The van der Waals surface area contributed by atoms with Gasteiger partial charge in [0.15, 0.2) is 0 Å². The second-order valence-electron chi connectivity index (χ2n) is 9.02. The molecule has 218 valence electrons. The van der Waals surface area contributed by atoms with Gasteiger partial charge in [0.2, 0.25) is 5.91 Å². The minimum Gasteiger partial charge on any atom is -0.497 e. The first-order valence-electron chi connectivity index (χ1n) is 13.2. The van der Waals surface area contributed by atoms with E-state index in [0.29, 0.717) is 55.2 Å². The Bertz CT molecular complexity index is 1740. The first-order valence-corrected chi connectivity index (χ1v) is 15.0. The van der Waals surface area contributed by atoms with Gasteiger partial charge in [0.05, 0.1) is 37.6 Å². The quantitative estimate of drug-likeness (QED) is 0.143. The number of methoxy groups -OCH3 is 2. The molecular weight excluding hydrogens is 585 g/mol. The van der Waals surface area contributed by atoms with Gasteiger partial charge in [0.25, 0.3) is 0 Å². The highest BCUT2D eigenvalue weighted by Gasteiger charge is 2.23. The van der Waals surface area contributed by atoms with Crippen LogP contribution < -0.4 is 14.8 Å². The Kier molecular flexibility index (Phi) is 10.4. The van der Waals surface area contributed by atoms with Crippen molar-refractivity contribution in [2.45, 2.75) is 25.3 Å². The highest BCUT2D eigenvalue weighted by atomic mass is 32.2. The van der Waals surface area contributed by atoms with E-state index in [9.17, 15) is 20.1 Å². The summed E-state index contributed by atoms with van der Waals surface area (Å²) in [6.45, 7) is 3.55. The smallest absolute Gasteiger partial charge is 0.348 e. The van der Waals surface area contributed by atoms with E-state index in [1.54, 1.807) is 40.2 Å². The van der Waals surface area contributed by atoms with Crippen LogP contribution in [0, 0.1) is 29.6 Å². The SMILES string of the molecule is CCOC(=O)c1sc(NC(=O)CCSc2nc(-c3ccccc3)cc(-c3cc(OC)ccc3OC)c2C#N)c(C#N)c1C. The number of esters is 1. The normalized spacial score (nSPS) is 10.4. The number of ether oxygens (including phenoxy) is 3. The molecule has 0 atom stereocenters. The van der Waals surface area contributed by atoms with Crippen molar-refractivity contribution < 1.29 is 23.8 Å². The number of amides is 1. The zero-order chi connectivity index (χ0) is 30.9. The Morgan fingerprint density at radius 2 is 1.74 bits per heavy atom. The van der Waals surface area contributed by atoms with Gasteiger partial charge in [-0.3, -0.25) is 4.79 Å². The molecule has 2 aromatic carbocycles. The zero-order valence-corrected chi connectivity index (χ0v) is 25.6. The van der Waals surface area contributed by atoms with Crippen molar-refractivity contribution in [3.05, 3.63) is 76.2 Å². The monoisotopic (exact) mass is 612 g/mol. The number of nitrogens with zero attached hydrogens (tertiary/aromatic N) is 3. The van der Waals surface area contributed by atoms with Crippen molar-refractivity contribution in [3.63, 3.8) is 0 Å². The molecule has 9 nitrogen and oxygen atoms in total. The van der Waals surface area contributed by atoms with Crippen LogP contribution in [0.15, 0.2) is 59.6 Å². The van der Waals surface area contributed by atoms with E-state index in [4.69, 9.17) is 19.2 Å². The number of thioether (sulfide) groups is 1. The topological polar surface area (TPSA) is 134 Å². The third kappa shape index (κ3) is 6.97. The Labute approximate surface area is 258 Å². The minimum atomic E-state index is -0.533. The number of hydrogen-bond acceptors (Lipinski definition) is 10. The molecule has 0 aliphatic carbocycles. The number of benzene rings is 2. The number of aromatic nitrogens is 1. The van der Waals surface area contributed by atoms with Crippen LogP contribution in [0.25, 0.3) is 22.4 Å². The molecule has 4 rings (SSSR count). The maximum absolute atomic E-state index is 12.9. The average Bonchev–Trinajstić information content (AvgIpc) is 3.34. The predicted molar refractivity (Wildman–Crippen MR) is 167 cm³/mol. The van der Waals surface area contributed by atoms with Crippen molar-refractivity contribution >= 4 is 40.0 Å². The molecule has 1 amide bonds. The Balaban J connectivity index is 1.63. The molecule has 43 heavy (non-hydrogen) atoms. The Hall–Kier alpha value is -4.84. The van der Waals surface area contributed by atoms with Gasteiger partial charge in [-0.15, -0.1) is 23.1 Å². The number of nitrogens with one attached hydrogen (secondary N) is 1. The second-order valence-corrected chi connectivity index (χ2v) is 11.1. The Morgan fingerprint density at radius 3 is 2.40 bits per heavy atom. The summed E-state index contributed by atoms with van der Waals surface area (Å²) in [7, 11) is 3.13. The third-order valence-electron chi connectivity index (χ3n) is 6.40. The summed E-state index contributed by atoms with van der Waals surface area (Å²) >= 11 is 2.29. The van der Waals surface area contributed by atoms with E-state index < -0.39 is 5.97 Å². The molecule has 2 aromatic heterocycles. The van der Waals surface area contributed by atoms with E-state index >= 15 is 0 Å². The van der Waals surface area contributed by atoms with E-state index in [1.165, 1.54) is 11.8 Å². The molecule has 1 N–H and O–H groups in total. The second kappa shape index (κ2) is 14.4. The summed E-state index contributed by atoms with van der Waals surface area (Å²) in [6, 6.07) is 21.2. The van der Waals surface area contributed by atoms with Gasteiger partial charge < -0.3 is 19.5 Å². The molecule has 11 heteroatoms. The molecule has 0 unspecified atom stereocenters. The molecule has 0 bridgehead atoms. The van der Waals surface area contributed by atoms with Crippen molar-refractivity contribution in [2.24, 2.45) is 0 Å². The van der Waals surface area contributed by atoms with Gasteiger partial charge in [-0.2, -0.15) is 10.5 Å². The molecule has 4 aromatic rings.